The van der Waals surface area contributed by atoms with Crippen LogP contribution in [0.15, 0.2) is 76.1 Å². The number of nitrogens with zero attached hydrogens (tertiary/aromatic N) is 2. The lowest BCUT2D eigenvalue weighted by Gasteiger charge is -2.32. The molecule has 1 unspecified atom stereocenters. The molecule has 0 aliphatic rings. The molecule has 0 aliphatic carbocycles. The molecular formula is C30H35BrClN3O4S. The van der Waals surface area contributed by atoms with Crippen molar-refractivity contribution in [2.24, 2.45) is 5.92 Å². The van der Waals surface area contributed by atoms with Crippen molar-refractivity contribution in [2.45, 2.75) is 52.1 Å². The molecule has 0 aliphatic heterocycles. The van der Waals surface area contributed by atoms with Crippen molar-refractivity contribution in [1.82, 2.24) is 10.2 Å². The Morgan fingerprint density at radius 2 is 1.57 bits per heavy atom. The molecule has 10 heteroatoms. The first-order valence-corrected chi connectivity index (χ1v) is 15.6. The summed E-state index contributed by atoms with van der Waals surface area (Å²) in [6, 6.07) is 17.9. The highest BCUT2D eigenvalue weighted by Crippen LogP contribution is 2.31. The summed E-state index contributed by atoms with van der Waals surface area (Å²) < 4.78 is 29.9. The molecule has 3 aromatic rings. The van der Waals surface area contributed by atoms with Crippen LogP contribution in [-0.2, 0) is 26.2 Å². The average molecular weight is 649 g/mol. The lowest BCUT2D eigenvalue weighted by atomic mass is 10.1. The van der Waals surface area contributed by atoms with Gasteiger partial charge < -0.3 is 10.2 Å². The van der Waals surface area contributed by atoms with E-state index in [-0.39, 0.29) is 23.3 Å². The normalized spacial score (nSPS) is 12.2. The maximum Gasteiger partial charge on any atom is 0.264 e. The summed E-state index contributed by atoms with van der Waals surface area (Å²) in [5.74, 6) is -0.607. The number of rotatable bonds is 11. The maximum atomic E-state index is 14.0. The largest absolute Gasteiger partial charge is 0.354 e. The number of aryl methyl sites for hydroxylation is 1. The van der Waals surface area contributed by atoms with Crippen molar-refractivity contribution < 1.29 is 18.0 Å². The number of sulfonamides is 1. The van der Waals surface area contributed by atoms with Crippen LogP contribution in [-0.4, -0.2) is 44.3 Å². The molecular weight excluding hydrogens is 614 g/mol. The molecule has 0 saturated carbocycles. The Morgan fingerprint density at radius 1 is 0.950 bits per heavy atom. The van der Waals surface area contributed by atoms with Gasteiger partial charge in [0, 0.05) is 22.6 Å². The lowest BCUT2D eigenvalue weighted by molar-refractivity contribution is -0.139. The summed E-state index contributed by atoms with van der Waals surface area (Å²) in [6.07, 6.45) is 0. The standard InChI is InChI=1S/C30H35BrClN3O4S/c1-20(2)17-33-30(37)23(5)34(18-24-11-13-25(31)14-12-24)29(36)19-35(28-8-6-7-27(32)22(28)4)40(38,39)26-15-9-21(3)10-16-26/h6-16,20,23H,17-19H2,1-5H3,(H,33,37). The van der Waals surface area contributed by atoms with Crippen LogP contribution in [0.1, 0.15) is 37.5 Å². The van der Waals surface area contributed by atoms with E-state index in [1.165, 1.54) is 17.0 Å². The molecule has 0 spiro atoms. The molecule has 1 atom stereocenters. The van der Waals surface area contributed by atoms with Crippen LogP contribution in [0.4, 0.5) is 5.69 Å². The van der Waals surface area contributed by atoms with Crippen LogP contribution in [0.2, 0.25) is 5.02 Å². The Kier molecular flexibility index (Phi) is 10.8. The Morgan fingerprint density at radius 3 is 2.17 bits per heavy atom. The van der Waals surface area contributed by atoms with E-state index in [1.54, 1.807) is 44.2 Å². The Labute approximate surface area is 250 Å². The summed E-state index contributed by atoms with van der Waals surface area (Å²) in [5.41, 5.74) is 2.52. The number of amides is 2. The van der Waals surface area contributed by atoms with Crippen molar-refractivity contribution >= 4 is 55.1 Å². The topological polar surface area (TPSA) is 86.8 Å². The molecule has 0 radical (unpaired) electrons. The third-order valence-electron chi connectivity index (χ3n) is 6.51. The first kappa shape index (κ1) is 31.6. The lowest BCUT2D eigenvalue weighted by Crippen LogP contribution is -2.51. The molecule has 3 rings (SSSR count). The summed E-state index contributed by atoms with van der Waals surface area (Å²) in [5, 5.41) is 3.26. The van der Waals surface area contributed by atoms with E-state index in [4.69, 9.17) is 11.6 Å². The number of hydrogen-bond acceptors (Lipinski definition) is 4. The van der Waals surface area contributed by atoms with E-state index in [9.17, 15) is 18.0 Å². The van der Waals surface area contributed by atoms with Gasteiger partial charge in [-0.05, 0) is 74.2 Å². The Bertz CT molecular complexity index is 1440. The minimum Gasteiger partial charge on any atom is -0.354 e. The third kappa shape index (κ3) is 7.86. The van der Waals surface area contributed by atoms with E-state index >= 15 is 0 Å². The highest BCUT2D eigenvalue weighted by Gasteiger charge is 2.33. The Balaban J connectivity index is 2.05. The van der Waals surface area contributed by atoms with Crippen LogP contribution < -0.4 is 9.62 Å². The minimum absolute atomic E-state index is 0.0486. The predicted molar refractivity (Wildman–Crippen MR) is 164 cm³/mol. The number of benzene rings is 3. The molecule has 0 heterocycles. The van der Waals surface area contributed by atoms with Crippen LogP contribution in [0.3, 0.4) is 0 Å². The van der Waals surface area contributed by atoms with Gasteiger partial charge in [-0.3, -0.25) is 13.9 Å². The van der Waals surface area contributed by atoms with Crippen LogP contribution in [0, 0.1) is 19.8 Å². The zero-order valence-corrected chi connectivity index (χ0v) is 26.5. The first-order valence-electron chi connectivity index (χ1n) is 13.0. The highest BCUT2D eigenvalue weighted by molar-refractivity contribution is 9.10. The fourth-order valence-corrected chi connectivity index (χ4v) is 5.94. The fraction of sp³-hybridized carbons (Fsp3) is 0.333. The first-order chi connectivity index (χ1) is 18.8. The highest BCUT2D eigenvalue weighted by atomic mass is 79.9. The summed E-state index contributed by atoms with van der Waals surface area (Å²) in [6.45, 7) is 9.25. The second-order valence-electron chi connectivity index (χ2n) is 10.2. The summed E-state index contributed by atoms with van der Waals surface area (Å²) in [7, 11) is -4.16. The number of anilines is 1. The number of halogens is 2. The van der Waals surface area contributed by atoms with Gasteiger partial charge in [0.05, 0.1) is 10.6 Å². The van der Waals surface area contributed by atoms with E-state index in [0.29, 0.717) is 22.8 Å². The average Bonchev–Trinajstić information content (AvgIpc) is 2.91. The second-order valence-corrected chi connectivity index (χ2v) is 13.4. The molecule has 1 N–H and O–H groups in total. The minimum atomic E-state index is -4.16. The maximum absolute atomic E-state index is 14.0. The van der Waals surface area contributed by atoms with Crippen LogP contribution >= 0.6 is 27.5 Å². The van der Waals surface area contributed by atoms with Crippen molar-refractivity contribution in [1.29, 1.82) is 0 Å². The zero-order chi connectivity index (χ0) is 29.6. The van der Waals surface area contributed by atoms with E-state index in [1.807, 2.05) is 45.0 Å². The van der Waals surface area contributed by atoms with E-state index in [0.717, 1.165) is 19.9 Å². The second kappa shape index (κ2) is 13.7. The van der Waals surface area contributed by atoms with E-state index < -0.39 is 28.5 Å². The van der Waals surface area contributed by atoms with Crippen molar-refractivity contribution in [3.8, 4) is 0 Å². The number of nitrogens with one attached hydrogen (secondary N) is 1. The van der Waals surface area contributed by atoms with Gasteiger partial charge >= 0.3 is 0 Å². The zero-order valence-electron chi connectivity index (χ0n) is 23.3. The van der Waals surface area contributed by atoms with Crippen molar-refractivity contribution in [3.63, 3.8) is 0 Å². The van der Waals surface area contributed by atoms with Gasteiger partial charge in [0.25, 0.3) is 10.0 Å². The van der Waals surface area contributed by atoms with Gasteiger partial charge in [-0.1, -0.05) is 77.3 Å². The fourth-order valence-electron chi connectivity index (χ4n) is 4.04. The number of carbonyl (C=O) groups excluding carboxylic acids is 2. The van der Waals surface area contributed by atoms with Gasteiger partial charge in [-0.15, -0.1) is 0 Å². The monoisotopic (exact) mass is 647 g/mol. The van der Waals surface area contributed by atoms with Crippen LogP contribution in [0.25, 0.3) is 0 Å². The molecule has 0 aromatic heterocycles. The molecule has 214 valence electrons. The van der Waals surface area contributed by atoms with E-state index in [2.05, 4.69) is 21.2 Å². The van der Waals surface area contributed by atoms with Crippen molar-refractivity contribution in [3.05, 3.63) is 92.9 Å². The van der Waals surface area contributed by atoms with Gasteiger partial charge in [-0.25, -0.2) is 8.42 Å². The molecule has 3 aromatic carbocycles. The number of hydrogen-bond donors (Lipinski definition) is 1. The molecule has 7 nitrogen and oxygen atoms in total. The molecule has 2 amide bonds. The third-order valence-corrected chi connectivity index (χ3v) is 9.23. The smallest absolute Gasteiger partial charge is 0.264 e. The molecule has 0 fully saturated rings. The van der Waals surface area contributed by atoms with Crippen molar-refractivity contribution in [2.75, 3.05) is 17.4 Å². The molecule has 40 heavy (non-hydrogen) atoms. The van der Waals surface area contributed by atoms with Gasteiger partial charge in [0.1, 0.15) is 12.6 Å². The quantitative estimate of drug-likeness (QED) is 0.272. The molecule has 0 bridgehead atoms. The summed E-state index contributed by atoms with van der Waals surface area (Å²) in [4.78, 5) is 28.6. The predicted octanol–water partition coefficient (Wildman–Crippen LogP) is 6.10. The number of carbonyl (C=O) groups is 2. The SMILES string of the molecule is Cc1ccc(S(=O)(=O)N(CC(=O)N(Cc2ccc(Br)cc2)C(C)C(=O)NCC(C)C)c2cccc(Cl)c2C)cc1. The van der Waals surface area contributed by atoms with Gasteiger partial charge in [0.15, 0.2) is 0 Å². The Hall–Kier alpha value is -2.88. The molecule has 0 saturated heterocycles. The van der Waals surface area contributed by atoms with Gasteiger partial charge in [-0.2, -0.15) is 0 Å². The summed E-state index contributed by atoms with van der Waals surface area (Å²) >= 11 is 9.79. The van der Waals surface area contributed by atoms with Gasteiger partial charge in [0.2, 0.25) is 11.8 Å². The van der Waals surface area contributed by atoms with Crippen LogP contribution in [0.5, 0.6) is 0 Å².